The van der Waals surface area contributed by atoms with E-state index >= 15 is 0 Å². The molecule has 11 heteroatoms. The number of nitro benzene ring substituents is 2. The van der Waals surface area contributed by atoms with Crippen molar-refractivity contribution in [2.75, 3.05) is 7.11 Å². The van der Waals surface area contributed by atoms with Crippen molar-refractivity contribution in [3.8, 4) is 5.75 Å². The van der Waals surface area contributed by atoms with Gasteiger partial charge in [-0.25, -0.2) is 0 Å². The standard InChI is InChI=1S/C7H5Cl2NO3.C7H5Cl2NO2.2CH4/c1-13-7-3-5(9)4(8)2-6(7)10(11)12;1-4-2-5(8)6(9)3-7(4)10(11)12;;/h2-3H,1H3;2-3H,1H3;2*1H4. The number of nitrogens with zero attached hydrogens (tertiary/aromatic N) is 2. The van der Waals surface area contributed by atoms with Gasteiger partial charge in [-0.1, -0.05) is 61.3 Å². The van der Waals surface area contributed by atoms with E-state index in [1.807, 2.05) is 0 Å². The summed E-state index contributed by atoms with van der Waals surface area (Å²) in [6, 6.07) is 5.19. The second kappa shape index (κ2) is 11.8. The molecule has 0 N–H and O–H groups in total. The van der Waals surface area contributed by atoms with E-state index in [1.54, 1.807) is 6.92 Å². The number of benzene rings is 2. The minimum atomic E-state index is -0.582. The normalized spacial score (nSPS) is 9.11. The van der Waals surface area contributed by atoms with Gasteiger partial charge in [0.2, 0.25) is 0 Å². The Morgan fingerprint density at radius 1 is 0.778 bits per heavy atom. The number of nitro groups is 2. The fourth-order valence-corrected chi connectivity index (χ4v) is 2.34. The molecule has 0 heterocycles. The van der Waals surface area contributed by atoms with Crippen LogP contribution in [0.4, 0.5) is 11.4 Å². The van der Waals surface area contributed by atoms with Crippen molar-refractivity contribution in [3.63, 3.8) is 0 Å². The van der Waals surface area contributed by atoms with Crippen LogP contribution in [0.1, 0.15) is 20.4 Å². The van der Waals surface area contributed by atoms with Gasteiger partial charge in [-0.2, -0.15) is 0 Å². The van der Waals surface area contributed by atoms with Crippen LogP contribution in [-0.4, -0.2) is 17.0 Å². The largest absolute Gasteiger partial charge is 0.490 e. The molecule has 150 valence electrons. The first-order valence-electron chi connectivity index (χ1n) is 6.36. The molecular weight excluding hydrogens is 442 g/mol. The Hall–Kier alpha value is -1.80. The highest BCUT2D eigenvalue weighted by molar-refractivity contribution is 6.42. The summed E-state index contributed by atoms with van der Waals surface area (Å²) in [5.41, 5.74) is 0.302. The minimum absolute atomic E-state index is 0. The van der Waals surface area contributed by atoms with E-state index in [1.165, 1.54) is 25.3 Å². The fraction of sp³-hybridized carbons (Fsp3) is 0.250. The average Bonchev–Trinajstić information content (AvgIpc) is 2.53. The Morgan fingerprint density at radius 3 is 1.56 bits per heavy atom. The van der Waals surface area contributed by atoms with Gasteiger partial charge in [-0.05, 0) is 13.0 Å². The summed E-state index contributed by atoms with van der Waals surface area (Å²) in [5, 5.41) is 21.8. The zero-order valence-corrected chi connectivity index (χ0v) is 15.8. The summed E-state index contributed by atoms with van der Waals surface area (Å²) in [6.45, 7) is 1.61. The van der Waals surface area contributed by atoms with Crippen LogP contribution in [0.5, 0.6) is 5.75 Å². The predicted octanol–water partition coefficient (Wildman–Crippen LogP) is 7.39. The van der Waals surface area contributed by atoms with Crippen molar-refractivity contribution in [2.45, 2.75) is 21.8 Å². The van der Waals surface area contributed by atoms with Crippen LogP contribution in [0, 0.1) is 27.2 Å². The second-order valence-electron chi connectivity index (χ2n) is 4.51. The molecule has 0 fully saturated rings. The highest BCUT2D eigenvalue weighted by Gasteiger charge is 2.17. The third-order valence-corrected chi connectivity index (χ3v) is 4.30. The van der Waals surface area contributed by atoms with Gasteiger partial charge in [-0.15, -0.1) is 0 Å². The fourth-order valence-electron chi connectivity index (χ4n) is 1.66. The molecule has 0 radical (unpaired) electrons. The number of methoxy groups -OCH3 is 1. The van der Waals surface area contributed by atoms with Crippen LogP contribution in [0.15, 0.2) is 24.3 Å². The molecule has 0 aromatic heterocycles. The lowest BCUT2D eigenvalue weighted by Crippen LogP contribution is -1.93. The lowest BCUT2D eigenvalue weighted by Gasteiger charge is -2.02. The molecule has 0 spiro atoms. The van der Waals surface area contributed by atoms with Crippen molar-refractivity contribution in [2.24, 2.45) is 0 Å². The van der Waals surface area contributed by atoms with E-state index in [4.69, 9.17) is 51.1 Å². The number of aryl methyl sites for hydroxylation is 1. The van der Waals surface area contributed by atoms with Crippen LogP contribution in [0.2, 0.25) is 20.1 Å². The van der Waals surface area contributed by atoms with Crippen LogP contribution in [-0.2, 0) is 0 Å². The zero-order valence-electron chi connectivity index (χ0n) is 12.8. The minimum Gasteiger partial charge on any atom is -0.490 e. The Labute approximate surface area is 177 Å². The third kappa shape index (κ3) is 7.38. The van der Waals surface area contributed by atoms with Crippen molar-refractivity contribution < 1.29 is 14.6 Å². The van der Waals surface area contributed by atoms with Gasteiger partial charge in [0.15, 0.2) is 5.75 Å². The van der Waals surface area contributed by atoms with E-state index < -0.39 is 9.85 Å². The number of hydrogen-bond donors (Lipinski definition) is 0. The molecular formula is C16H18Cl4N2O5. The summed E-state index contributed by atoms with van der Waals surface area (Å²) in [6.07, 6.45) is 0. The topological polar surface area (TPSA) is 95.5 Å². The lowest BCUT2D eigenvalue weighted by atomic mass is 10.2. The van der Waals surface area contributed by atoms with E-state index in [0.29, 0.717) is 10.6 Å². The number of ether oxygens (including phenoxy) is 1. The molecule has 0 saturated carbocycles. The van der Waals surface area contributed by atoms with Crippen molar-refractivity contribution >= 4 is 57.8 Å². The van der Waals surface area contributed by atoms with Crippen molar-refractivity contribution in [1.29, 1.82) is 0 Å². The van der Waals surface area contributed by atoms with E-state index in [-0.39, 0.29) is 47.0 Å². The quantitative estimate of drug-likeness (QED) is 0.352. The molecule has 0 aliphatic carbocycles. The lowest BCUT2D eigenvalue weighted by molar-refractivity contribution is -0.385. The molecule has 0 aliphatic rings. The van der Waals surface area contributed by atoms with Gasteiger partial charge in [0.1, 0.15) is 0 Å². The van der Waals surface area contributed by atoms with Gasteiger partial charge >= 0.3 is 5.69 Å². The summed E-state index contributed by atoms with van der Waals surface area (Å²) < 4.78 is 4.76. The monoisotopic (exact) mass is 458 g/mol. The van der Waals surface area contributed by atoms with Crippen LogP contribution < -0.4 is 4.74 Å². The van der Waals surface area contributed by atoms with Crippen LogP contribution in [0.25, 0.3) is 0 Å². The Bertz CT molecular complexity index is 831. The summed E-state index contributed by atoms with van der Waals surface area (Å²) in [5.74, 6) is 0.0967. The SMILES string of the molecule is C.C.COc1cc(Cl)c(Cl)cc1[N+](=O)[O-].Cc1cc(Cl)c(Cl)cc1[N+](=O)[O-]. The molecule has 2 rings (SSSR count). The molecule has 0 atom stereocenters. The van der Waals surface area contributed by atoms with E-state index in [0.717, 1.165) is 6.07 Å². The maximum atomic E-state index is 10.5. The van der Waals surface area contributed by atoms with Gasteiger partial charge in [-0.3, -0.25) is 20.2 Å². The first-order chi connectivity index (χ1) is 11.6. The molecule has 27 heavy (non-hydrogen) atoms. The third-order valence-electron chi connectivity index (χ3n) is 2.85. The number of hydrogen-bond acceptors (Lipinski definition) is 5. The molecule has 2 aromatic rings. The summed E-state index contributed by atoms with van der Waals surface area (Å²) in [7, 11) is 1.33. The molecule has 0 unspecified atom stereocenters. The second-order valence-corrected chi connectivity index (χ2v) is 6.13. The Kier molecular flexibility index (Phi) is 12.0. The highest BCUT2D eigenvalue weighted by Crippen LogP contribution is 2.35. The average molecular weight is 460 g/mol. The number of rotatable bonds is 3. The predicted molar refractivity (Wildman–Crippen MR) is 111 cm³/mol. The maximum Gasteiger partial charge on any atom is 0.312 e. The molecule has 0 aliphatic heterocycles. The molecule has 0 saturated heterocycles. The van der Waals surface area contributed by atoms with Crippen molar-refractivity contribution in [1.82, 2.24) is 0 Å². The van der Waals surface area contributed by atoms with Gasteiger partial charge in [0.05, 0.1) is 37.0 Å². The van der Waals surface area contributed by atoms with Gasteiger partial charge in [0.25, 0.3) is 5.69 Å². The number of halogens is 4. The van der Waals surface area contributed by atoms with Crippen molar-refractivity contribution in [3.05, 3.63) is 70.1 Å². The molecule has 7 nitrogen and oxygen atoms in total. The Morgan fingerprint density at radius 2 is 1.15 bits per heavy atom. The molecule has 0 amide bonds. The van der Waals surface area contributed by atoms with Crippen LogP contribution in [0.3, 0.4) is 0 Å². The summed E-state index contributed by atoms with van der Waals surface area (Å²) >= 11 is 22.5. The van der Waals surface area contributed by atoms with E-state index in [9.17, 15) is 20.2 Å². The van der Waals surface area contributed by atoms with Crippen LogP contribution >= 0.6 is 46.4 Å². The smallest absolute Gasteiger partial charge is 0.312 e. The summed E-state index contributed by atoms with van der Waals surface area (Å²) in [4.78, 5) is 19.8. The van der Waals surface area contributed by atoms with E-state index in [2.05, 4.69) is 0 Å². The Balaban J connectivity index is 0. The van der Waals surface area contributed by atoms with Gasteiger partial charge in [0, 0.05) is 23.8 Å². The molecule has 2 aromatic carbocycles. The molecule has 0 bridgehead atoms. The maximum absolute atomic E-state index is 10.5. The zero-order chi connectivity index (χ0) is 19.3. The highest BCUT2D eigenvalue weighted by atomic mass is 35.5. The first-order valence-corrected chi connectivity index (χ1v) is 7.87. The first kappa shape index (κ1) is 27.4. The van der Waals surface area contributed by atoms with Gasteiger partial charge < -0.3 is 4.74 Å².